The van der Waals surface area contributed by atoms with Crippen LogP contribution in [0.25, 0.3) is 0 Å². The Morgan fingerprint density at radius 3 is 2.48 bits per heavy atom. The van der Waals surface area contributed by atoms with E-state index in [2.05, 4.69) is 10.6 Å². The van der Waals surface area contributed by atoms with Crippen molar-refractivity contribution in [2.45, 2.75) is 18.2 Å². The summed E-state index contributed by atoms with van der Waals surface area (Å²) < 4.78 is 36.2. The molecule has 2 aromatic carbocycles. The monoisotopic (exact) mass is 412 g/mol. The standard InChI is InChI=1S/C18H18ClFN2O4S/c1-11-3-5-13(27(2,25)26)10-16(11)22-17(23)7-8-21-18(24)14-6-4-12(20)9-15(14)19/h3-6,9-10H,7-8H2,1-2H3,(H,21,24)(H,22,23). The van der Waals surface area contributed by atoms with E-state index in [1.54, 1.807) is 13.0 Å². The summed E-state index contributed by atoms with van der Waals surface area (Å²) in [5, 5.41) is 5.13. The summed E-state index contributed by atoms with van der Waals surface area (Å²) in [7, 11) is -3.39. The summed E-state index contributed by atoms with van der Waals surface area (Å²) in [6.07, 6.45) is 1.05. The number of sulfone groups is 1. The first-order chi connectivity index (χ1) is 12.6. The molecule has 0 aliphatic heterocycles. The maximum Gasteiger partial charge on any atom is 0.252 e. The third-order valence-corrected chi connectivity index (χ3v) is 5.15. The predicted molar refractivity (Wildman–Crippen MR) is 101 cm³/mol. The van der Waals surface area contributed by atoms with Gasteiger partial charge in [-0.2, -0.15) is 0 Å². The average Bonchev–Trinajstić information content (AvgIpc) is 2.55. The Kier molecular flexibility index (Phi) is 6.56. The smallest absolute Gasteiger partial charge is 0.252 e. The molecule has 0 bridgehead atoms. The van der Waals surface area contributed by atoms with Crippen molar-refractivity contribution >= 4 is 38.9 Å². The van der Waals surface area contributed by atoms with Crippen LogP contribution in [0.3, 0.4) is 0 Å². The van der Waals surface area contributed by atoms with Crippen molar-refractivity contribution in [1.82, 2.24) is 5.32 Å². The maximum atomic E-state index is 13.0. The lowest BCUT2D eigenvalue weighted by molar-refractivity contribution is -0.116. The highest BCUT2D eigenvalue weighted by atomic mass is 35.5. The lowest BCUT2D eigenvalue weighted by atomic mass is 10.2. The molecule has 0 heterocycles. The van der Waals surface area contributed by atoms with Crippen molar-refractivity contribution < 1.29 is 22.4 Å². The number of anilines is 1. The summed E-state index contributed by atoms with van der Waals surface area (Å²) in [5.74, 6) is -1.47. The van der Waals surface area contributed by atoms with Gasteiger partial charge in [-0.1, -0.05) is 17.7 Å². The summed E-state index contributed by atoms with van der Waals surface area (Å²) >= 11 is 5.81. The van der Waals surface area contributed by atoms with Crippen molar-refractivity contribution in [3.8, 4) is 0 Å². The molecule has 2 rings (SSSR count). The fourth-order valence-electron chi connectivity index (χ4n) is 2.24. The molecule has 144 valence electrons. The average molecular weight is 413 g/mol. The second-order valence-electron chi connectivity index (χ2n) is 5.93. The van der Waals surface area contributed by atoms with E-state index in [1.165, 1.54) is 18.2 Å². The van der Waals surface area contributed by atoms with Crippen LogP contribution in [0.5, 0.6) is 0 Å². The number of benzene rings is 2. The molecule has 2 N–H and O–H groups in total. The quantitative estimate of drug-likeness (QED) is 0.762. The van der Waals surface area contributed by atoms with Crippen molar-refractivity contribution in [3.63, 3.8) is 0 Å². The van der Waals surface area contributed by atoms with Crippen LogP contribution >= 0.6 is 11.6 Å². The minimum Gasteiger partial charge on any atom is -0.351 e. The number of nitrogens with one attached hydrogen (secondary N) is 2. The van der Waals surface area contributed by atoms with E-state index in [0.717, 1.165) is 18.4 Å². The number of rotatable bonds is 6. The molecule has 9 heteroatoms. The first-order valence-electron chi connectivity index (χ1n) is 7.92. The molecule has 0 spiro atoms. The van der Waals surface area contributed by atoms with Crippen LogP contribution in [-0.4, -0.2) is 33.0 Å². The molecule has 6 nitrogen and oxygen atoms in total. The van der Waals surface area contributed by atoms with Gasteiger partial charge in [0.25, 0.3) is 5.91 Å². The number of carbonyl (C=O) groups is 2. The summed E-state index contributed by atoms with van der Waals surface area (Å²) in [4.78, 5) is 24.2. The van der Waals surface area contributed by atoms with Gasteiger partial charge < -0.3 is 10.6 Å². The Morgan fingerprint density at radius 2 is 1.85 bits per heavy atom. The SMILES string of the molecule is Cc1ccc(S(C)(=O)=O)cc1NC(=O)CCNC(=O)c1ccc(F)cc1Cl. The van der Waals surface area contributed by atoms with Gasteiger partial charge in [0.05, 0.1) is 15.5 Å². The Hall–Kier alpha value is -2.45. The van der Waals surface area contributed by atoms with Crippen molar-refractivity contribution in [2.24, 2.45) is 0 Å². The predicted octanol–water partition coefficient (Wildman–Crippen LogP) is 2.95. The molecular formula is C18H18ClFN2O4S. The van der Waals surface area contributed by atoms with E-state index in [9.17, 15) is 22.4 Å². The van der Waals surface area contributed by atoms with Gasteiger partial charge in [0, 0.05) is 24.9 Å². The fourth-order valence-corrected chi connectivity index (χ4v) is 3.14. The molecule has 0 aliphatic carbocycles. The number of hydrogen-bond acceptors (Lipinski definition) is 4. The number of amides is 2. The van der Waals surface area contributed by atoms with Gasteiger partial charge in [-0.15, -0.1) is 0 Å². The number of carbonyl (C=O) groups excluding carboxylic acids is 2. The molecule has 0 saturated heterocycles. The summed E-state index contributed by atoms with van der Waals surface area (Å²) in [5.41, 5.74) is 1.20. The second kappa shape index (κ2) is 8.49. The molecule has 0 aromatic heterocycles. The minimum atomic E-state index is -3.39. The van der Waals surface area contributed by atoms with Crippen LogP contribution in [0.4, 0.5) is 10.1 Å². The highest BCUT2D eigenvalue weighted by Gasteiger charge is 2.13. The van der Waals surface area contributed by atoms with Gasteiger partial charge in [0.1, 0.15) is 5.82 Å². The molecule has 0 fully saturated rings. The van der Waals surface area contributed by atoms with Gasteiger partial charge in [-0.3, -0.25) is 9.59 Å². The zero-order chi connectivity index (χ0) is 20.2. The van der Waals surface area contributed by atoms with E-state index >= 15 is 0 Å². The van der Waals surface area contributed by atoms with Gasteiger partial charge in [0.15, 0.2) is 9.84 Å². The molecule has 0 aliphatic rings. The molecule has 27 heavy (non-hydrogen) atoms. The summed E-state index contributed by atoms with van der Waals surface area (Å²) in [6.45, 7) is 1.77. The normalized spacial score (nSPS) is 11.1. The van der Waals surface area contributed by atoms with Crippen LogP contribution in [-0.2, 0) is 14.6 Å². The Labute approximate surface area is 161 Å². The van der Waals surface area contributed by atoms with Gasteiger partial charge in [0.2, 0.25) is 5.91 Å². The molecule has 0 atom stereocenters. The van der Waals surface area contributed by atoms with E-state index in [-0.39, 0.29) is 28.4 Å². The Bertz CT molecular complexity index is 993. The number of hydrogen-bond donors (Lipinski definition) is 2. The summed E-state index contributed by atoms with van der Waals surface area (Å²) in [6, 6.07) is 7.86. The number of aryl methyl sites for hydroxylation is 1. The first-order valence-corrected chi connectivity index (χ1v) is 10.2. The molecule has 0 radical (unpaired) electrons. The number of halogens is 2. The lowest BCUT2D eigenvalue weighted by Crippen LogP contribution is -2.28. The second-order valence-corrected chi connectivity index (χ2v) is 8.35. The van der Waals surface area contributed by atoms with Gasteiger partial charge in [-0.05, 0) is 42.8 Å². The molecule has 0 unspecified atom stereocenters. The third kappa shape index (κ3) is 5.77. The Balaban J connectivity index is 1.94. The van der Waals surface area contributed by atoms with Gasteiger partial charge >= 0.3 is 0 Å². The van der Waals surface area contributed by atoms with Crippen LogP contribution in [0, 0.1) is 12.7 Å². The highest BCUT2D eigenvalue weighted by Crippen LogP contribution is 2.20. The van der Waals surface area contributed by atoms with E-state index in [4.69, 9.17) is 11.6 Å². The molecule has 2 aromatic rings. The third-order valence-electron chi connectivity index (χ3n) is 3.72. The molecule has 0 saturated carbocycles. The lowest BCUT2D eigenvalue weighted by Gasteiger charge is -2.11. The van der Waals surface area contributed by atoms with Crippen LogP contribution in [0.1, 0.15) is 22.3 Å². The highest BCUT2D eigenvalue weighted by molar-refractivity contribution is 7.90. The fraction of sp³-hybridized carbons (Fsp3) is 0.222. The molecular weight excluding hydrogens is 395 g/mol. The van der Waals surface area contributed by atoms with E-state index in [0.29, 0.717) is 11.3 Å². The minimum absolute atomic E-state index is 0.0230. The first kappa shape index (κ1) is 20.9. The largest absolute Gasteiger partial charge is 0.351 e. The van der Waals surface area contributed by atoms with Crippen molar-refractivity contribution in [2.75, 3.05) is 18.1 Å². The van der Waals surface area contributed by atoms with Crippen LogP contribution in [0.2, 0.25) is 5.02 Å². The van der Waals surface area contributed by atoms with Gasteiger partial charge in [-0.25, -0.2) is 12.8 Å². The van der Waals surface area contributed by atoms with Crippen molar-refractivity contribution in [3.05, 3.63) is 58.4 Å². The maximum absolute atomic E-state index is 13.0. The Morgan fingerprint density at radius 1 is 1.15 bits per heavy atom. The molecule has 2 amide bonds. The van der Waals surface area contributed by atoms with E-state index < -0.39 is 27.5 Å². The van der Waals surface area contributed by atoms with E-state index in [1.807, 2.05) is 0 Å². The zero-order valence-corrected chi connectivity index (χ0v) is 16.2. The van der Waals surface area contributed by atoms with Crippen LogP contribution < -0.4 is 10.6 Å². The zero-order valence-electron chi connectivity index (χ0n) is 14.7. The van der Waals surface area contributed by atoms with Crippen LogP contribution in [0.15, 0.2) is 41.3 Å². The topological polar surface area (TPSA) is 92.3 Å². The van der Waals surface area contributed by atoms with Crippen molar-refractivity contribution in [1.29, 1.82) is 0 Å².